The second-order valence-electron chi connectivity index (χ2n) is 6.91. The molecule has 0 radical (unpaired) electrons. The molecular weight excluding hydrogens is 426 g/mol. The molecule has 4 aromatic rings. The highest BCUT2D eigenvalue weighted by atomic mass is 35.5. The van der Waals surface area contributed by atoms with E-state index < -0.39 is 0 Å². The predicted molar refractivity (Wildman–Crippen MR) is 123 cm³/mol. The van der Waals surface area contributed by atoms with E-state index in [1.807, 2.05) is 60.8 Å². The normalized spacial score (nSPS) is 10.9. The minimum atomic E-state index is -0.300. The van der Waals surface area contributed by atoms with Crippen LogP contribution in [0.4, 0.5) is 5.82 Å². The molecule has 7 nitrogen and oxygen atoms in total. The average Bonchev–Trinajstić information content (AvgIpc) is 3.26. The fraction of sp³-hybridized carbons (Fsp3) is 0.0833. The number of ether oxygens (including phenoxy) is 1. The van der Waals surface area contributed by atoms with Crippen molar-refractivity contribution in [2.24, 2.45) is 0 Å². The van der Waals surface area contributed by atoms with Crippen molar-refractivity contribution in [3.05, 3.63) is 107 Å². The van der Waals surface area contributed by atoms with Gasteiger partial charge >= 0.3 is 0 Å². The number of carbonyl (C=O) groups is 1. The standard InChI is InChI=1S/C24H20ClN5O2/c25-20-11-8-19(9-12-20)15-30-16-21(28-29-30)17-32-22-7-4-14-26-24(22)27-23(31)13-10-18-5-2-1-3-6-18/h1-14,16H,15,17H2,(H,26,27,31)/b13-10+. The summed E-state index contributed by atoms with van der Waals surface area (Å²) in [5.74, 6) is 0.483. The molecule has 0 unspecified atom stereocenters. The molecule has 1 N–H and O–H groups in total. The molecule has 0 fully saturated rings. The molecule has 160 valence electrons. The van der Waals surface area contributed by atoms with Gasteiger partial charge in [-0.3, -0.25) is 4.79 Å². The van der Waals surface area contributed by atoms with Crippen molar-refractivity contribution < 1.29 is 9.53 Å². The molecule has 0 aliphatic heterocycles. The number of hydrogen-bond acceptors (Lipinski definition) is 5. The molecule has 0 aliphatic rings. The number of amides is 1. The van der Waals surface area contributed by atoms with Crippen LogP contribution < -0.4 is 10.1 Å². The lowest BCUT2D eigenvalue weighted by atomic mass is 10.2. The summed E-state index contributed by atoms with van der Waals surface area (Å²) in [6.07, 6.45) is 6.59. The highest BCUT2D eigenvalue weighted by Crippen LogP contribution is 2.22. The van der Waals surface area contributed by atoms with Gasteiger partial charge in [0.05, 0.1) is 12.7 Å². The summed E-state index contributed by atoms with van der Waals surface area (Å²) < 4.78 is 7.56. The highest BCUT2D eigenvalue weighted by molar-refractivity contribution is 6.30. The molecule has 0 saturated carbocycles. The van der Waals surface area contributed by atoms with Crippen molar-refractivity contribution in [3.8, 4) is 5.75 Å². The van der Waals surface area contributed by atoms with Gasteiger partial charge in [-0.25, -0.2) is 9.67 Å². The SMILES string of the molecule is O=C(/C=C/c1ccccc1)Nc1ncccc1OCc1cn(Cc2ccc(Cl)cc2)nn1. The van der Waals surface area contributed by atoms with Crippen molar-refractivity contribution in [2.45, 2.75) is 13.2 Å². The van der Waals surface area contributed by atoms with Crippen LogP contribution in [0.25, 0.3) is 6.08 Å². The first kappa shape index (κ1) is 21.3. The highest BCUT2D eigenvalue weighted by Gasteiger charge is 2.09. The summed E-state index contributed by atoms with van der Waals surface area (Å²) in [6.45, 7) is 0.765. The van der Waals surface area contributed by atoms with E-state index in [9.17, 15) is 4.79 Å². The largest absolute Gasteiger partial charge is 0.483 e. The number of hydrogen-bond donors (Lipinski definition) is 1. The average molecular weight is 446 g/mol. The maximum atomic E-state index is 12.3. The summed E-state index contributed by atoms with van der Waals surface area (Å²) in [7, 11) is 0. The van der Waals surface area contributed by atoms with Gasteiger partial charge in [-0.2, -0.15) is 0 Å². The van der Waals surface area contributed by atoms with Gasteiger partial charge < -0.3 is 10.1 Å². The molecule has 0 atom stereocenters. The molecule has 32 heavy (non-hydrogen) atoms. The first-order chi connectivity index (χ1) is 15.7. The van der Waals surface area contributed by atoms with Crippen LogP contribution in [0.5, 0.6) is 5.75 Å². The van der Waals surface area contributed by atoms with Crippen LogP contribution in [0.2, 0.25) is 5.02 Å². The number of nitrogens with zero attached hydrogens (tertiary/aromatic N) is 4. The Morgan fingerprint density at radius 2 is 1.88 bits per heavy atom. The number of anilines is 1. The van der Waals surface area contributed by atoms with Gasteiger partial charge in [0.2, 0.25) is 5.91 Å². The minimum Gasteiger partial charge on any atom is -0.483 e. The van der Waals surface area contributed by atoms with E-state index in [0.29, 0.717) is 28.8 Å². The molecule has 0 bridgehead atoms. The van der Waals surface area contributed by atoms with Gasteiger partial charge in [-0.05, 0) is 41.5 Å². The van der Waals surface area contributed by atoms with Gasteiger partial charge in [0.15, 0.2) is 11.6 Å². The summed E-state index contributed by atoms with van der Waals surface area (Å²) in [4.78, 5) is 16.5. The Morgan fingerprint density at radius 3 is 2.69 bits per heavy atom. The number of carbonyl (C=O) groups excluding carboxylic acids is 1. The van der Waals surface area contributed by atoms with E-state index >= 15 is 0 Å². The Morgan fingerprint density at radius 1 is 1.06 bits per heavy atom. The maximum Gasteiger partial charge on any atom is 0.249 e. The second kappa shape index (κ2) is 10.4. The third kappa shape index (κ3) is 6.02. The summed E-state index contributed by atoms with van der Waals surface area (Å²) in [6, 6.07) is 20.6. The first-order valence-corrected chi connectivity index (χ1v) is 10.3. The van der Waals surface area contributed by atoms with Gasteiger partial charge in [0.1, 0.15) is 12.3 Å². The van der Waals surface area contributed by atoms with E-state index in [2.05, 4.69) is 20.6 Å². The first-order valence-electron chi connectivity index (χ1n) is 9.91. The number of rotatable bonds is 8. The molecule has 2 aromatic carbocycles. The Labute approximate surface area is 190 Å². The van der Waals surface area contributed by atoms with E-state index in [1.54, 1.807) is 29.1 Å². The minimum absolute atomic E-state index is 0.190. The Hall–Kier alpha value is -3.97. The fourth-order valence-electron chi connectivity index (χ4n) is 2.91. The zero-order valence-corrected chi connectivity index (χ0v) is 17.8. The van der Waals surface area contributed by atoms with Crippen LogP contribution >= 0.6 is 11.6 Å². The molecule has 2 heterocycles. The predicted octanol–water partition coefficient (Wildman–Crippen LogP) is 4.61. The monoisotopic (exact) mass is 445 g/mol. The van der Waals surface area contributed by atoms with Crippen molar-refractivity contribution in [3.63, 3.8) is 0 Å². The number of halogens is 1. The van der Waals surface area contributed by atoms with Crippen LogP contribution in [0.3, 0.4) is 0 Å². The van der Waals surface area contributed by atoms with Crippen LogP contribution in [-0.2, 0) is 17.9 Å². The fourth-order valence-corrected chi connectivity index (χ4v) is 3.03. The van der Waals surface area contributed by atoms with Crippen molar-refractivity contribution in [2.75, 3.05) is 5.32 Å². The van der Waals surface area contributed by atoms with Gasteiger partial charge in [0.25, 0.3) is 0 Å². The third-order valence-corrected chi connectivity index (χ3v) is 4.71. The molecule has 4 rings (SSSR count). The second-order valence-corrected chi connectivity index (χ2v) is 7.34. The summed E-state index contributed by atoms with van der Waals surface area (Å²) in [5.41, 5.74) is 2.65. The third-order valence-electron chi connectivity index (χ3n) is 4.46. The van der Waals surface area contributed by atoms with E-state index in [4.69, 9.17) is 16.3 Å². The van der Waals surface area contributed by atoms with Crippen molar-refractivity contribution in [1.82, 2.24) is 20.0 Å². The smallest absolute Gasteiger partial charge is 0.249 e. The number of pyridine rings is 1. The zero-order valence-electron chi connectivity index (χ0n) is 17.1. The Bertz CT molecular complexity index is 1210. The van der Waals surface area contributed by atoms with Crippen LogP contribution in [0.15, 0.2) is 85.2 Å². The lowest BCUT2D eigenvalue weighted by molar-refractivity contribution is -0.111. The van der Waals surface area contributed by atoms with Crippen LogP contribution in [0, 0.1) is 0 Å². The molecule has 8 heteroatoms. The molecular formula is C24H20ClN5O2. The van der Waals surface area contributed by atoms with Gasteiger partial charge in [0, 0.05) is 17.3 Å². The summed E-state index contributed by atoms with van der Waals surface area (Å²) in [5, 5.41) is 11.7. The van der Waals surface area contributed by atoms with E-state index in [-0.39, 0.29) is 12.5 Å². The van der Waals surface area contributed by atoms with Crippen LogP contribution in [-0.4, -0.2) is 25.9 Å². The molecule has 1 amide bonds. The lowest BCUT2D eigenvalue weighted by Crippen LogP contribution is -2.11. The van der Waals surface area contributed by atoms with Gasteiger partial charge in [-0.15, -0.1) is 5.10 Å². The van der Waals surface area contributed by atoms with Crippen molar-refractivity contribution in [1.29, 1.82) is 0 Å². The lowest BCUT2D eigenvalue weighted by Gasteiger charge is -2.09. The molecule has 0 aliphatic carbocycles. The summed E-state index contributed by atoms with van der Waals surface area (Å²) >= 11 is 5.92. The number of nitrogens with one attached hydrogen (secondary N) is 1. The Balaban J connectivity index is 1.35. The van der Waals surface area contributed by atoms with E-state index in [1.165, 1.54) is 6.08 Å². The van der Waals surface area contributed by atoms with Crippen molar-refractivity contribution >= 4 is 29.4 Å². The zero-order chi connectivity index (χ0) is 22.2. The van der Waals surface area contributed by atoms with E-state index in [0.717, 1.165) is 11.1 Å². The molecule has 2 aromatic heterocycles. The Kier molecular flexibility index (Phi) is 6.89. The van der Waals surface area contributed by atoms with Gasteiger partial charge in [-0.1, -0.05) is 59.3 Å². The maximum absolute atomic E-state index is 12.3. The number of aromatic nitrogens is 4. The molecule has 0 saturated heterocycles. The molecule has 0 spiro atoms. The quantitative estimate of drug-likeness (QED) is 0.400. The van der Waals surface area contributed by atoms with Crippen LogP contribution in [0.1, 0.15) is 16.8 Å². The topological polar surface area (TPSA) is 81.9 Å². The number of benzene rings is 2.